The fourth-order valence-electron chi connectivity index (χ4n) is 1.36. The van der Waals surface area contributed by atoms with Crippen molar-refractivity contribution in [3.05, 3.63) is 24.3 Å². The quantitative estimate of drug-likeness (QED) is 0.802. The van der Waals surface area contributed by atoms with E-state index in [0.717, 1.165) is 0 Å². The summed E-state index contributed by atoms with van der Waals surface area (Å²) < 4.78 is 33.9. The average molecular weight is 259 g/mol. The normalized spacial score (nSPS) is 13.4. The summed E-state index contributed by atoms with van der Waals surface area (Å²) in [5.41, 5.74) is 5.40. The van der Waals surface area contributed by atoms with E-state index >= 15 is 0 Å². The number of benzene rings is 1. The Morgan fingerprint density at radius 3 is 2.24 bits per heavy atom. The third kappa shape index (κ3) is 3.69. The second kappa shape index (κ2) is 6.00. The van der Waals surface area contributed by atoms with Crippen LogP contribution in [0, 0.1) is 0 Å². The lowest BCUT2D eigenvalue weighted by Gasteiger charge is -2.13. The van der Waals surface area contributed by atoms with Gasteiger partial charge in [0, 0.05) is 13.7 Å². The minimum absolute atomic E-state index is 0.119. The van der Waals surface area contributed by atoms with E-state index in [1.807, 2.05) is 0 Å². The van der Waals surface area contributed by atoms with E-state index in [1.54, 1.807) is 12.1 Å². The maximum absolute atomic E-state index is 12.0. The van der Waals surface area contributed by atoms with Gasteiger partial charge < -0.3 is 15.2 Å². The molecule has 1 aromatic carbocycles. The number of hydrogen-bond donors (Lipinski definition) is 1. The lowest BCUT2D eigenvalue weighted by Crippen LogP contribution is -2.30. The Hall–Kier alpha value is -1.11. The van der Waals surface area contributed by atoms with Crippen LogP contribution >= 0.6 is 0 Å². The molecule has 0 bridgehead atoms. The largest absolute Gasteiger partial charge is 0.497 e. The summed E-state index contributed by atoms with van der Waals surface area (Å²) in [6.07, 6.45) is -0.484. The monoisotopic (exact) mass is 259 g/mol. The van der Waals surface area contributed by atoms with Crippen LogP contribution in [0.3, 0.4) is 0 Å². The van der Waals surface area contributed by atoms with Gasteiger partial charge in [-0.25, -0.2) is 8.42 Å². The summed E-state index contributed by atoms with van der Waals surface area (Å²) in [5, 5.41) is 0. The van der Waals surface area contributed by atoms with Gasteiger partial charge in [0.25, 0.3) is 0 Å². The summed E-state index contributed by atoms with van der Waals surface area (Å²) in [5.74, 6) is 0.498. The molecular formula is C11H17NO4S. The van der Waals surface area contributed by atoms with Crippen molar-refractivity contribution in [2.75, 3.05) is 26.5 Å². The van der Waals surface area contributed by atoms with Crippen molar-refractivity contribution in [2.45, 2.75) is 11.0 Å². The highest BCUT2D eigenvalue weighted by Gasteiger charge is 2.20. The zero-order valence-electron chi connectivity index (χ0n) is 9.92. The number of rotatable bonds is 6. The van der Waals surface area contributed by atoms with Gasteiger partial charge in [-0.05, 0) is 24.3 Å². The fraction of sp³-hybridized carbons (Fsp3) is 0.455. The molecule has 1 unspecified atom stereocenters. The van der Waals surface area contributed by atoms with Gasteiger partial charge in [0.2, 0.25) is 0 Å². The van der Waals surface area contributed by atoms with Crippen LogP contribution in [-0.2, 0) is 14.6 Å². The Bertz CT molecular complexity index is 437. The second-order valence-electron chi connectivity index (χ2n) is 3.55. The highest BCUT2D eigenvalue weighted by Crippen LogP contribution is 2.17. The van der Waals surface area contributed by atoms with Gasteiger partial charge in [-0.3, -0.25) is 0 Å². The second-order valence-corrected chi connectivity index (χ2v) is 5.58. The van der Waals surface area contributed by atoms with E-state index in [-0.39, 0.29) is 17.2 Å². The summed E-state index contributed by atoms with van der Waals surface area (Å²) >= 11 is 0. The van der Waals surface area contributed by atoms with Gasteiger partial charge in [0.15, 0.2) is 9.84 Å². The predicted molar refractivity (Wildman–Crippen MR) is 64.9 cm³/mol. The maximum Gasteiger partial charge on any atom is 0.180 e. The van der Waals surface area contributed by atoms with E-state index in [1.165, 1.54) is 26.4 Å². The molecule has 1 aromatic rings. The van der Waals surface area contributed by atoms with E-state index in [9.17, 15) is 8.42 Å². The van der Waals surface area contributed by atoms with Crippen molar-refractivity contribution in [1.82, 2.24) is 0 Å². The maximum atomic E-state index is 12.0. The third-order valence-electron chi connectivity index (χ3n) is 2.42. The van der Waals surface area contributed by atoms with Crippen molar-refractivity contribution in [1.29, 1.82) is 0 Å². The number of ether oxygens (including phenoxy) is 2. The van der Waals surface area contributed by atoms with Crippen LogP contribution < -0.4 is 10.5 Å². The Morgan fingerprint density at radius 1 is 1.24 bits per heavy atom. The first-order chi connectivity index (χ1) is 8.03. The highest BCUT2D eigenvalue weighted by atomic mass is 32.2. The smallest absolute Gasteiger partial charge is 0.180 e. The van der Waals surface area contributed by atoms with Crippen LogP contribution in [0.4, 0.5) is 0 Å². The molecule has 0 radical (unpaired) electrons. The molecule has 0 aliphatic heterocycles. The molecule has 96 valence electrons. The van der Waals surface area contributed by atoms with Crippen molar-refractivity contribution in [3.63, 3.8) is 0 Å². The third-order valence-corrected chi connectivity index (χ3v) is 4.22. The van der Waals surface area contributed by atoms with E-state index < -0.39 is 15.9 Å². The van der Waals surface area contributed by atoms with E-state index in [2.05, 4.69) is 0 Å². The summed E-state index contributed by atoms with van der Waals surface area (Å²) in [6.45, 7) is 0.173. The standard InChI is InChI=1S/C11H17NO4S/c1-15-9-3-5-11(6-4-9)17(13,14)8-10(7-12)16-2/h3-6,10H,7-8,12H2,1-2H3. The lowest BCUT2D eigenvalue weighted by molar-refractivity contribution is 0.127. The first-order valence-electron chi connectivity index (χ1n) is 5.13. The van der Waals surface area contributed by atoms with Crippen LogP contribution in [0.5, 0.6) is 5.75 Å². The Labute approximate surface area is 101 Å². The Balaban J connectivity index is 2.89. The van der Waals surface area contributed by atoms with Crippen LogP contribution in [0.15, 0.2) is 29.2 Å². The van der Waals surface area contributed by atoms with Crippen LogP contribution in [0.1, 0.15) is 0 Å². The molecule has 0 fully saturated rings. The average Bonchev–Trinajstić information content (AvgIpc) is 2.36. The van der Waals surface area contributed by atoms with Gasteiger partial charge in [-0.2, -0.15) is 0 Å². The van der Waals surface area contributed by atoms with Crippen molar-refractivity contribution in [3.8, 4) is 5.75 Å². The molecule has 0 heterocycles. The number of sulfone groups is 1. The molecule has 0 saturated heterocycles. The molecule has 0 amide bonds. The Morgan fingerprint density at radius 2 is 1.82 bits per heavy atom. The van der Waals surface area contributed by atoms with Crippen molar-refractivity contribution >= 4 is 9.84 Å². The number of hydrogen-bond acceptors (Lipinski definition) is 5. The zero-order chi connectivity index (χ0) is 12.9. The molecule has 0 aliphatic carbocycles. The van der Waals surface area contributed by atoms with Gasteiger partial charge >= 0.3 is 0 Å². The molecule has 1 rings (SSSR count). The first-order valence-corrected chi connectivity index (χ1v) is 6.78. The van der Waals surface area contributed by atoms with E-state index in [0.29, 0.717) is 5.75 Å². The number of methoxy groups -OCH3 is 2. The molecule has 2 N–H and O–H groups in total. The van der Waals surface area contributed by atoms with Crippen LogP contribution in [-0.4, -0.2) is 41.0 Å². The van der Waals surface area contributed by atoms with Crippen LogP contribution in [0.25, 0.3) is 0 Å². The van der Waals surface area contributed by atoms with Crippen molar-refractivity contribution in [2.24, 2.45) is 5.73 Å². The Kier molecular flexibility index (Phi) is 4.92. The van der Waals surface area contributed by atoms with Gasteiger partial charge in [-0.15, -0.1) is 0 Å². The minimum atomic E-state index is -3.37. The minimum Gasteiger partial charge on any atom is -0.497 e. The van der Waals surface area contributed by atoms with Gasteiger partial charge in [-0.1, -0.05) is 0 Å². The highest BCUT2D eigenvalue weighted by molar-refractivity contribution is 7.91. The molecule has 0 spiro atoms. The molecule has 0 aromatic heterocycles. The fourth-order valence-corrected chi connectivity index (χ4v) is 2.86. The SMILES string of the molecule is COc1ccc(S(=O)(=O)CC(CN)OC)cc1. The summed E-state index contributed by atoms with van der Waals surface area (Å²) in [4.78, 5) is 0.244. The molecule has 0 saturated carbocycles. The molecule has 0 aliphatic rings. The lowest BCUT2D eigenvalue weighted by atomic mass is 10.3. The summed E-state index contributed by atoms with van der Waals surface area (Å²) in [6, 6.07) is 6.24. The van der Waals surface area contributed by atoms with Crippen molar-refractivity contribution < 1.29 is 17.9 Å². The topological polar surface area (TPSA) is 78.6 Å². The molecule has 1 atom stereocenters. The zero-order valence-corrected chi connectivity index (χ0v) is 10.7. The van der Waals surface area contributed by atoms with Gasteiger partial charge in [0.05, 0.1) is 23.9 Å². The molecular weight excluding hydrogens is 242 g/mol. The summed E-state index contributed by atoms with van der Waals surface area (Å²) in [7, 11) is -0.397. The van der Waals surface area contributed by atoms with Gasteiger partial charge in [0.1, 0.15) is 5.75 Å². The molecule has 5 nitrogen and oxygen atoms in total. The predicted octanol–water partition coefficient (Wildman–Crippen LogP) is 0.443. The molecule has 17 heavy (non-hydrogen) atoms. The van der Waals surface area contributed by atoms with E-state index in [4.69, 9.17) is 15.2 Å². The molecule has 6 heteroatoms. The number of nitrogens with two attached hydrogens (primary N) is 1. The van der Waals surface area contributed by atoms with Crippen LogP contribution in [0.2, 0.25) is 0 Å². The first kappa shape index (κ1) is 14.0.